The first-order valence-corrected chi connectivity index (χ1v) is 19.9. The van der Waals surface area contributed by atoms with Gasteiger partial charge in [0.15, 0.2) is 0 Å². The first-order chi connectivity index (χ1) is 22.9. The molecule has 1 saturated carbocycles. The summed E-state index contributed by atoms with van der Waals surface area (Å²) in [5.74, 6) is -0.243. The maximum atomic E-state index is 14.2. The molecule has 2 N–H and O–H groups in total. The number of allylic oxidation sites excluding steroid dienone is 2. The molecule has 0 spiro atoms. The van der Waals surface area contributed by atoms with Gasteiger partial charge in [-0.15, -0.1) is 22.7 Å². The molecule has 2 aromatic carbocycles. The van der Waals surface area contributed by atoms with Gasteiger partial charge in [-0.2, -0.15) is 4.31 Å². The third-order valence-electron chi connectivity index (χ3n) is 10.6. The molecular formula is C39H45NO5S3. The largest absolute Gasteiger partial charge is 0.393 e. The van der Waals surface area contributed by atoms with Crippen LogP contribution in [0, 0.1) is 12.3 Å². The minimum atomic E-state index is -3.91. The van der Waals surface area contributed by atoms with Gasteiger partial charge in [0, 0.05) is 28.9 Å². The lowest BCUT2D eigenvalue weighted by Gasteiger charge is -2.46. The summed E-state index contributed by atoms with van der Waals surface area (Å²) < 4.78 is 30.1. The van der Waals surface area contributed by atoms with E-state index in [9.17, 15) is 23.4 Å². The van der Waals surface area contributed by atoms with E-state index >= 15 is 0 Å². The van der Waals surface area contributed by atoms with Crippen LogP contribution in [0.1, 0.15) is 95.1 Å². The number of fused-ring (bicyclic) bond motifs is 8. The number of carbonyl (C=O) groups excluding carboxylic acids is 1. The lowest BCUT2D eigenvalue weighted by Crippen LogP contribution is -2.53. The highest BCUT2D eigenvalue weighted by Gasteiger charge is 2.58. The quantitative estimate of drug-likeness (QED) is 0.142. The Morgan fingerprint density at radius 1 is 1.00 bits per heavy atom. The van der Waals surface area contributed by atoms with Crippen molar-refractivity contribution in [2.45, 2.75) is 94.1 Å². The minimum Gasteiger partial charge on any atom is -0.393 e. The van der Waals surface area contributed by atoms with Gasteiger partial charge in [0.25, 0.3) is 10.0 Å². The maximum Gasteiger partial charge on any atom is 0.252 e. The topological polar surface area (TPSA) is 94.9 Å². The van der Waals surface area contributed by atoms with Gasteiger partial charge in [-0.25, -0.2) is 8.42 Å². The Morgan fingerprint density at radius 3 is 2.50 bits per heavy atom. The van der Waals surface area contributed by atoms with Crippen LogP contribution >= 0.6 is 22.7 Å². The van der Waals surface area contributed by atoms with Crippen LogP contribution in [0.15, 0.2) is 94.0 Å². The second-order valence-corrected chi connectivity index (χ2v) is 18.3. The van der Waals surface area contributed by atoms with Crippen molar-refractivity contribution in [3.63, 3.8) is 0 Å². The predicted octanol–water partition coefficient (Wildman–Crippen LogP) is 8.28. The van der Waals surface area contributed by atoms with Gasteiger partial charge in [0.05, 0.1) is 16.6 Å². The Balaban J connectivity index is 1.46. The Labute approximate surface area is 292 Å². The molecule has 1 fully saturated rings. The van der Waals surface area contributed by atoms with Crippen LogP contribution in [-0.4, -0.2) is 47.0 Å². The molecule has 9 heteroatoms. The van der Waals surface area contributed by atoms with Gasteiger partial charge in [0.1, 0.15) is 4.21 Å². The van der Waals surface area contributed by atoms with E-state index in [-0.39, 0.29) is 29.0 Å². The van der Waals surface area contributed by atoms with E-state index in [1.807, 2.05) is 67.6 Å². The third-order valence-corrected chi connectivity index (χ3v) is 14.8. The van der Waals surface area contributed by atoms with Gasteiger partial charge < -0.3 is 10.2 Å². The lowest BCUT2D eigenvalue weighted by atomic mass is 9.65. The van der Waals surface area contributed by atoms with E-state index in [0.717, 1.165) is 28.0 Å². The van der Waals surface area contributed by atoms with Crippen molar-refractivity contribution in [2.75, 3.05) is 6.54 Å². The van der Waals surface area contributed by atoms with Crippen molar-refractivity contribution < 1.29 is 23.4 Å². The second kappa shape index (κ2) is 14.1. The number of nitrogens with zero attached hydrogens (tertiary/aromatic N) is 1. The van der Waals surface area contributed by atoms with Crippen LogP contribution in [0.25, 0.3) is 0 Å². The standard InChI is InChI=1S/C39H45NO5S3/c1-27-9-7-20-38(3)34(32-17-15-30(23-31(41)16-13-27)24-33(32)37(42)35-18-14-28(2)47-35)19-21-39(38,43)26-40(25-29-10-5-4-6-11-29)48(44,45)36-12-8-22-46-36/h4-6,8-12,14-15,17-18,22,24,31,34,41,43H,7,13,16,19-21,23,25-26H2,1-3H3. The van der Waals surface area contributed by atoms with Crippen molar-refractivity contribution in [3.05, 3.63) is 122 Å². The molecule has 0 saturated heterocycles. The molecular weight excluding hydrogens is 659 g/mol. The summed E-state index contributed by atoms with van der Waals surface area (Å²) in [5.41, 5.74) is 2.32. The normalized spacial score (nSPS) is 25.1. The monoisotopic (exact) mass is 703 g/mol. The number of thiophene rings is 2. The Hall–Kier alpha value is -2.92. The molecule has 48 heavy (non-hydrogen) atoms. The maximum absolute atomic E-state index is 14.2. The average molecular weight is 704 g/mol. The van der Waals surface area contributed by atoms with Gasteiger partial charge in [-0.05, 0) is 111 Å². The molecule has 254 valence electrons. The summed E-state index contributed by atoms with van der Waals surface area (Å²) in [6, 6.07) is 22.7. The number of aliphatic hydroxyl groups is 2. The third kappa shape index (κ3) is 7.04. The SMILES string of the molecule is CC1=CCCC2(C)C(CCC2(O)CN(Cc2ccccc2)S(=O)(=O)c2cccs2)c2ccc(cc2C(=O)c2ccc(C)s2)CC(O)CC1. The number of carbonyl (C=O) groups is 1. The molecule has 4 atom stereocenters. The predicted molar refractivity (Wildman–Crippen MR) is 194 cm³/mol. The first-order valence-electron chi connectivity index (χ1n) is 16.8. The van der Waals surface area contributed by atoms with Crippen molar-refractivity contribution in [1.29, 1.82) is 0 Å². The van der Waals surface area contributed by atoms with Crippen molar-refractivity contribution >= 4 is 38.5 Å². The number of hydrogen-bond acceptors (Lipinski definition) is 7. The molecule has 4 aromatic rings. The highest BCUT2D eigenvalue weighted by molar-refractivity contribution is 7.91. The number of aliphatic hydroxyl groups excluding tert-OH is 1. The summed E-state index contributed by atoms with van der Waals surface area (Å²) in [4.78, 5) is 15.9. The molecule has 6 nitrogen and oxygen atoms in total. The van der Waals surface area contributed by atoms with E-state index in [2.05, 4.69) is 19.9 Å². The van der Waals surface area contributed by atoms with Gasteiger partial charge in [-0.1, -0.05) is 67.1 Å². The molecule has 0 aliphatic heterocycles. The molecule has 2 bridgehead atoms. The van der Waals surface area contributed by atoms with E-state index in [1.54, 1.807) is 17.5 Å². The number of sulfonamides is 1. The van der Waals surface area contributed by atoms with E-state index in [0.29, 0.717) is 49.0 Å². The molecule has 2 aromatic heterocycles. The fraction of sp³-hybridized carbons (Fsp3) is 0.410. The van der Waals surface area contributed by atoms with Crippen molar-refractivity contribution in [2.24, 2.45) is 5.41 Å². The fourth-order valence-corrected chi connectivity index (χ4v) is 11.2. The first kappa shape index (κ1) is 34.9. The fourth-order valence-electron chi connectivity index (χ4n) is 7.73. The molecule has 3 aliphatic rings. The number of rotatable bonds is 8. The average Bonchev–Trinajstić information content (AvgIpc) is 3.81. The highest BCUT2D eigenvalue weighted by atomic mass is 32.2. The van der Waals surface area contributed by atoms with Crippen LogP contribution in [0.3, 0.4) is 0 Å². The van der Waals surface area contributed by atoms with Gasteiger partial charge >= 0.3 is 0 Å². The molecule has 0 radical (unpaired) electrons. The lowest BCUT2D eigenvalue weighted by molar-refractivity contribution is -0.0731. The Bertz CT molecular complexity index is 1880. The number of ketones is 1. The molecule has 4 unspecified atom stereocenters. The number of benzene rings is 2. The van der Waals surface area contributed by atoms with Crippen molar-refractivity contribution in [1.82, 2.24) is 4.31 Å². The van der Waals surface area contributed by atoms with E-state index in [1.165, 1.54) is 32.6 Å². The molecule has 0 amide bonds. The van der Waals surface area contributed by atoms with E-state index in [4.69, 9.17) is 0 Å². The minimum absolute atomic E-state index is 0.0500. The van der Waals surface area contributed by atoms with Gasteiger partial charge in [0.2, 0.25) is 5.78 Å². The Morgan fingerprint density at radius 2 is 1.79 bits per heavy atom. The van der Waals surface area contributed by atoms with Crippen LogP contribution in [0.2, 0.25) is 0 Å². The van der Waals surface area contributed by atoms with E-state index < -0.39 is 27.1 Å². The summed E-state index contributed by atoms with van der Waals surface area (Å²) in [6.07, 6.45) is 5.83. The molecule has 7 rings (SSSR count). The number of hydrogen-bond donors (Lipinski definition) is 2. The van der Waals surface area contributed by atoms with Crippen LogP contribution < -0.4 is 0 Å². The smallest absolute Gasteiger partial charge is 0.252 e. The van der Waals surface area contributed by atoms with Crippen LogP contribution in [-0.2, 0) is 23.0 Å². The Kier molecular flexibility index (Phi) is 10.3. The van der Waals surface area contributed by atoms with Crippen LogP contribution in [0.4, 0.5) is 0 Å². The van der Waals surface area contributed by atoms with Crippen LogP contribution in [0.5, 0.6) is 0 Å². The number of aryl methyl sites for hydroxylation is 1. The summed E-state index contributed by atoms with van der Waals surface area (Å²) in [7, 11) is -3.91. The summed E-state index contributed by atoms with van der Waals surface area (Å²) in [6.45, 7) is 6.25. The molecule has 2 heterocycles. The zero-order valence-electron chi connectivity index (χ0n) is 27.9. The summed E-state index contributed by atoms with van der Waals surface area (Å²) >= 11 is 2.65. The summed E-state index contributed by atoms with van der Waals surface area (Å²) in [5, 5.41) is 25.6. The highest BCUT2D eigenvalue weighted by Crippen LogP contribution is 2.59. The van der Waals surface area contributed by atoms with Gasteiger partial charge in [-0.3, -0.25) is 4.79 Å². The zero-order chi connectivity index (χ0) is 34.1. The van der Waals surface area contributed by atoms with Crippen molar-refractivity contribution in [3.8, 4) is 0 Å². The zero-order valence-corrected chi connectivity index (χ0v) is 30.3. The second-order valence-electron chi connectivity index (χ2n) is 13.9. The molecule has 3 aliphatic carbocycles.